The Morgan fingerprint density at radius 3 is 2.47 bits per heavy atom. The van der Waals surface area contributed by atoms with E-state index in [0.29, 0.717) is 12.5 Å². The summed E-state index contributed by atoms with van der Waals surface area (Å²) >= 11 is 0. The van der Waals surface area contributed by atoms with Gasteiger partial charge in [0.15, 0.2) is 0 Å². The number of hydrogen-bond donors (Lipinski definition) is 1. The SMILES string of the molecule is CC(C)(C)CC(=O)NC1CC2CCC1C2. The van der Waals surface area contributed by atoms with Gasteiger partial charge in [-0.25, -0.2) is 0 Å². The molecule has 2 rings (SSSR count). The molecule has 0 aliphatic heterocycles. The zero-order valence-corrected chi connectivity index (χ0v) is 10.2. The fourth-order valence-corrected chi connectivity index (χ4v) is 3.16. The largest absolute Gasteiger partial charge is 0.353 e. The Balaban J connectivity index is 1.80. The van der Waals surface area contributed by atoms with Gasteiger partial charge in [0.05, 0.1) is 0 Å². The highest BCUT2D eigenvalue weighted by molar-refractivity contribution is 5.77. The molecule has 0 aromatic rings. The summed E-state index contributed by atoms with van der Waals surface area (Å²) in [6.07, 6.45) is 5.99. The molecule has 2 aliphatic rings. The van der Waals surface area contributed by atoms with Crippen LogP contribution in [0, 0.1) is 17.3 Å². The van der Waals surface area contributed by atoms with E-state index in [2.05, 4.69) is 26.1 Å². The molecule has 0 radical (unpaired) electrons. The third-order valence-corrected chi connectivity index (χ3v) is 3.78. The number of nitrogens with one attached hydrogen (secondary N) is 1. The van der Waals surface area contributed by atoms with E-state index in [1.807, 2.05) is 0 Å². The minimum absolute atomic E-state index is 0.113. The molecular formula is C13H23NO. The van der Waals surface area contributed by atoms with Gasteiger partial charge in [-0.15, -0.1) is 0 Å². The normalized spacial score (nSPS) is 34.5. The van der Waals surface area contributed by atoms with Crippen molar-refractivity contribution in [1.29, 1.82) is 0 Å². The van der Waals surface area contributed by atoms with Gasteiger partial charge in [-0.2, -0.15) is 0 Å². The first-order chi connectivity index (χ1) is 6.94. The Kier molecular flexibility index (Phi) is 2.78. The van der Waals surface area contributed by atoms with E-state index in [9.17, 15) is 4.79 Å². The van der Waals surface area contributed by atoms with Crippen molar-refractivity contribution in [2.24, 2.45) is 17.3 Å². The van der Waals surface area contributed by atoms with E-state index >= 15 is 0 Å². The third kappa shape index (κ3) is 2.73. The number of rotatable bonds is 2. The van der Waals surface area contributed by atoms with Crippen LogP contribution in [-0.4, -0.2) is 11.9 Å². The summed E-state index contributed by atoms with van der Waals surface area (Å²) < 4.78 is 0. The van der Waals surface area contributed by atoms with Gasteiger partial charge in [-0.3, -0.25) is 4.79 Å². The molecule has 0 aromatic heterocycles. The molecule has 2 heteroatoms. The fraction of sp³-hybridized carbons (Fsp3) is 0.923. The maximum absolute atomic E-state index is 11.8. The molecular weight excluding hydrogens is 186 g/mol. The topological polar surface area (TPSA) is 29.1 Å². The molecule has 0 heterocycles. The summed E-state index contributed by atoms with van der Waals surface area (Å²) in [5, 5.41) is 3.23. The minimum atomic E-state index is 0.113. The summed E-state index contributed by atoms with van der Waals surface area (Å²) in [6.45, 7) is 6.36. The molecule has 0 saturated heterocycles. The molecule has 0 spiro atoms. The fourth-order valence-electron chi connectivity index (χ4n) is 3.16. The van der Waals surface area contributed by atoms with Gasteiger partial charge >= 0.3 is 0 Å². The van der Waals surface area contributed by atoms with Gasteiger partial charge in [0.1, 0.15) is 0 Å². The van der Waals surface area contributed by atoms with Gasteiger partial charge in [-0.1, -0.05) is 27.2 Å². The van der Waals surface area contributed by atoms with Crippen molar-refractivity contribution in [3.05, 3.63) is 0 Å². The standard InChI is InChI=1S/C13H23NO/c1-13(2,3)8-12(15)14-11-7-9-4-5-10(11)6-9/h9-11H,4-8H2,1-3H3,(H,14,15). The molecule has 3 atom stereocenters. The second-order valence-electron chi connectivity index (χ2n) is 6.59. The molecule has 2 saturated carbocycles. The van der Waals surface area contributed by atoms with E-state index in [1.54, 1.807) is 0 Å². The quantitative estimate of drug-likeness (QED) is 0.744. The maximum atomic E-state index is 11.8. The van der Waals surface area contributed by atoms with Crippen molar-refractivity contribution < 1.29 is 4.79 Å². The number of carbonyl (C=O) groups is 1. The number of amides is 1. The van der Waals surface area contributed by atoms with Crippen molar-refractivity contribution in [2.75, 3.05) is 0 Å². The molecule has 2 aliphatic carbocycles. The van der Waals surface area contributed by atoms with Gasteiger partial charge in [0, 0.05) is 12.5 Å². The minimum Gasteiger partial charge on any atom is -0.353 e. The highest BCUT2D eigenvalue weighted by Crippen LogP contribution is 2.44. The Morgan fingerprint density at radius 1 is 1.27 bits per heavy atom. The highest BCUT2D eigenvalue weighted by atomic mass is 16.1. The lowest BCUT2D eigenvalue weighted by Gasteiger charge is -2.25. The van der Waals surface area contributed by atoms with Crippen LogP contribution in [0.2, 0.25) is 0 Å². The predicted molar refractivity (Wildman–Crippen MR) is 61.5 cm³/mol. The van der Waals surface area contributed by atoms with Crippen molar-refractivity contribution >= 4 is 5.91 Å². The van der Waals surface area contributed by atoms with Crippen LogP contribution in [0.3, 0.4) is 0 Å². The average molecular weight is 209 g/mol. The first-order valence-corrected chi connectivity index (χ1v) is 6.23. The molecule has 2 fully saturated rings. The van der Waals surface area contributed by atoms with Gasteiger partial charge in [0.2, 0.25) is 5.91 Å². The molecule has 2 bridgehead atoms. The second-order valence-corrected chi connectivity index (χ2v) is 6.59. The number of hydrogen-bond acceptors (Lipinski definition) is 1. The first-order valence-electron chi connectivity index (χ1n) is 6.23. The van der Waals surface area contributed by atoms with Crippen molar-refractivity contribution in [2.45, 2.75) is 58.9 Å². The van der Waals surface area contributed by atoms with Crippen molar-refractivity contribution in [3.63, 3.8) is 0 Å². The van der Waals surface area contributed by atoms with E-state index in [4.69, 9.17) is 0 Å². The summed E-state index contributed by atoms with van der Waals surface area (Å²) in [5.41, 5.74) is 0.113. The Hall–Kier alpha value is -0.530. The molecule has 86 valence electrons. The Morgan fingerprint density at radius 2 is 2.00 bits per heavy atom. The van der Waals surface area contributed by atoms with E-state index in [1.165, 1.54) is 25.7 Å². The maximum Gasteiger partial charge on any atom is 0.220 e. The van der Waals surface area contributed by atoms with Crippen LogP contribution >= 0.6 is 0 Å². The predicted octanol–water partition coefficient (Wildman–Crippen LogP) is 2.73. The molecule has 15 heavy (non-hydrogen) atoms. The molecule has 1 N–H and O–H groups in total. The van der Waals surface area contributed by atoms with Crippen molar-refractivity contribution in [3.8, 4) is 0 Å². The highest BCUT2D eigenvalue weighted by Gasteiger charge is 2.40. The van der Waals surface area contributed by atoms with Gasteiger partial charge in [0.25, 0.3) is 0 Å². The molecule has 2 nitrogen and oxygen atoms in total. The zero-order chi connectivity index (χ0) is 11.1. The summed E-state index contributed by atoms with van der Waals surface area (Å²) in [6, 6.07) is 0.499. The van der Waals surface area contributed by atoms with Crippen LogP contribution in [0.25, 0.3) is 0 Å². The van der Waals surface area contributed by atoms with Crippen LogP contribution in [-0.2, 0) is 4.79 Å². The molecule has 0 aromatic carbocycles. The molecule has 3 unspecified atom stereocenters. The summed E-state index contributed by atoms with van der Waals surface area (Å²) in [4.78, 5) is 11.8. The number of carbonyl (C=O) groups excluding carboxylic acids is 1. The Labute approximate surface area is 92.8 Å². The number of fused-ring (bicyclic) bond motifs is 2. The van der Waals surface area contributed by atoms with Crippen LogP contribution in [0.1, 0.15) is 52.9 Å². The van der Waals surface area contributed by atoms with E-state index in [0.717, 1.165) is 11.8 Å². The van der Waals surface area contributed by atoms with Gasteiger partial charge < -0.3 is 5.32 Å². The average Bonchev–Trinajstić information content (AvgIpc) is 2.60. The first kappa shape index (κ1) is 11.0. The Bertz CT molecular complexity index is 254. The smallest absolute Gasteiger partial charge is 0.220 e. The summed E-state index contributed by atoms with van der Waals surface area (Å²) in [7, 11) is 0. The lowest BCUT2D eigenvalue weighted by molar-refractivity contribution is -0.123. The van der Waals surface area contributed by atoms with E-state index < -0.39 is 0 Å². The van der Waals surface area contributed by atoms with Crippen LogP contribution in [0.4, 0.5) is 0 Å². The summed E-state index contributed by atoms with van der Waals surface area (Å²) in [5.74, 6) is 1.95. The van der Waals surface area contributed by atoms with Crippen molar-refractivity contribution in [1.82, 2.24) is 5.32 Å². The lowest BCUT2D eigenvalue weighted by Crippen LogP contribution is -2.39. The van der Waals surface area contributed by atoms with Crippen LogP contribution < -0.4 is 5.32 Å². The zero-order valence-electron chi connectivity index (χ0n) is 10.2. The lowest BCUT2D eigenvalue weighted by atomic mass is 9.90. The second kappa shape index (κ2) is 3.80. The van der Waals surface area contributed by atoms with Crippen LogP contribution in [0.5, 0.6) is 0 Å². The van der Waals surface area contributed by atoms with Gasteiger partial charge in [-0.05, 0) is 36.5 Å². The molecule has 1 amide bonds. The van der Waals surface area contributed by atoms with E-state index in [-0.39, 0.29) is 11.3 Å². The monoisotopic (exact) mass is 209 g/mol. The third-order valence-electron chi connectivity index (χ3n) is 3.78. The van der Waals surface area contributed by atoms with Crippen LogP contribution in [0.15, 0.2) is 0 Å².